The van der Waals surface area contributed by atoms with E-state index in [1.165, 1.54) is 4.90 Å². The van der Waals surface area contributed by atoms with Crippen molar-refractivity contribution >= 4 is 11.9 Å². The Hall–Kier alpha value is -1.18. The van der Waals surface area contributed by atoms with Gasteiger partial charge < -0.3 is 15.0 Å². The normalized spacial score (nSPS) is 30.1. The van der Waals surface area contributed by atoms with Crippen LogP contribution >= 0.6 is 0 Å². The van der Waals surface area contributed by atoms with E-state index in [4.69, 9.17) is 4.74 Å². The number of carbonyl (C=O) groups is 2. The molecule has 24 heavy (non-hydrogen) atoms. The number of hydrogen-bond donors (Lipinski definition) is 1. The Morgan fingerprint density at radius 2 is 2.04 bits per heavy atom. The van der Waals surface area contributed by atoms with Crippen LogP contribution in [0.15, 0.2) is 0 Å². The quantitative estimate of drug-likeness (QED) is 0.715. The van der Waals surface area contributed by atoms with Crippen LogP contribution < -0.4 is 5.32 Å². The summed E-state index contributed by atoms with van der Waals surface area (Å²) in [5.74, 6) is -0.0177. The van der Waals surface area contributed by atoms with Gasteiger partial charge >= 0.3 is 6.03 Å². The number of hydrogen-bond acceptors (Lipinski definition) is 5. The Kier molecular flexibility index (Phi) is 5.13. The molecule has 2 aliphatic heterocycles. The van der Waals surface area contributed by atoms with E-state index in [1.54, 1.807) is 7.11 Å². The van der Waals surface area contributed by atoms with Gasteiger partial charge in [-0.15, -0.1) is 0 Å². The third-order valence-corrected chi connectivity index (χ3v) is 5.91. The third kappa shape index (κ3) is 3.30. The fourth-order valence-electron chi connectivity index (χ4n) is 4.33. The van der Waals surface area contributed by atoms with E-state index in [-0.39, 0.29) is 11.9 Å². The van der Waals surface area contributed by atoms with Crippen molar-refractivity contribution in [2.24, 2.45) is 0 Å². The van der Waals surface area contributed by atoms with Gasteiger partial charge in [-0.25, -0.2) is 4.79 Å². The minimum atomic E-state index is -0.590. The SMILES string of the molecule is CO[C@H]1C[C@@H](CN(C)CCN2C(=O)NC3(CCCC3)C2=O)N(C)C1. The average molecular weight is 338 g/mol. The van der Waals surface area contributed by atoms with E-state index < -0.39 is 5.54 Å². The summed E-state index contributed by atoms with van der Waals surface area (Å²) < 4.78 is 5.45. The van der Waals surface area contributed by atoms with Crippen molar-refractivity contribution in [3.63, 3.8) is 0 Å². The van der Waals surface area contributed by atoms with Crippen molar-refractivity contribution in [1.29, 1.82) is 0 Å². The van der Waals surface area contributed by atoms with Crippen LogP contribution in [0.5, 0.6) is 0 Å². The highest BCUT2D eigenvalue weighted by molar-refractivity contribution is 6.07. The van der Waals surface area contributed by atoms with Crippen LogP contribution in [0, 0.1) is 0 Å². The zero-order chi connectivity index (χ0) is 17.3. The second-order valence-corrected chi connectivity index (χ2v) is 7.63. The highest BCUT2D eigenvalue weighted by Crippen LogP contribution is 2.34. The van der Waals surface area contributed by atoms with Crippen molar-refractivity contribution in [3.05, 3.63) is 0 Å². The van der Waals surface area contributed by atoms with Gasteiger partial charge in [0.05, 0.1) is 6.10 Å². The van der Waals surface area contributed by atoms with Gasteiger partial charge in [0, 0.05) is 39.3 Å². The molecule has 136 valence electrons. The zero-order valence-corrected chi connectivity index (χ0v) is 15.1. The third-order valence-electron chi connectivity index (χ3n) is 5.91. The summed E-state index contributed by atoms with van der Waals surface area (Å²) in [7, 11) is 5.94. The first-order valence-corrected chi connectivity index (χ1v) is 9.01. The molecular formula is C17H30N4O3. The molecule has 7 heteroatoms. The van der Waals surface area contributed by atoms with Crippen LogP contribution in [0.25, 0.3) is 0 Å². The van der Waals surface area contributed by atoms with Crippen molar-refractivity contribution in [2.75, 3.05) is 47.4 Å². The number of amides is 3. The molecule has 3 aliphatic rings. The Balaban J connectivity index is 1.49. The molecular weight excluding hydrogens is 308 g/mol. The molecule has 0 bridgehead atoms. The molecule has 1 aliphatic carbocycles. The van der Waals surface area contributed by atoms with E-state index in [2.05, 4.69) is 29.2 Å². The molecule has 0 aromatic heterocycles. The lowest BCUT2D eigenvalue weighted by molar-refractivity contribution is -0.131. The number of urea groups is 1. The number of imide groups is 1. The first-order chi connectivity index (χ1) is 11.4. The van der Waals surface area contributed by atoms with Crippen LogP contribution in [0.1, 0.15) is 32.1 Å². The molecule has 3 fully saturated rings. The summed E-state index contributed by atoms with van der Waals surface area (Å²) in [6.07, 6.45) is 4.96. The minimum Gasteiger partial charge on any atom is -0.380 e. The van der Waals surface area contributed by atoms with Crippen molar-refractivity contribution in [1.82, 2.24) is 20.0 Å². The molecule has 0 aromatic carbocycles. The van der Waals surface area contributed by atoms with Gasteiger partial charge in [-0.05, 0) is 33.4 Å². The van der Waals surface area contributed by atoms with E-state index in [0.29, 0.717) is 25.2 Å². The van der Waals surface area contributed by atoms with Crippen LogP contribution in [0.2, 0.25) is 0 Å². The molecule has 0 aromatic rings. The van der Waals surface area contributed by atoms with Crippen molar-refractivity contribution in [3.8, 4) is 0 Å². The zero-order valence-electron chi connectivity index (χ0n) is 15.1. The second-order valence-electron chi connectivity index (χ2n) is 7.63. The summed E-state index contributed by atoms with van der Waals surface area (Å²) in [5, 5.41) is 2.94. The highest BCUT2D eigenvalue weighted by atomic mass is 16.5. The minimum absolute atomic E-state index is 0.0177. The lowest BCUT2D eigenvalue weighted by atomic mass is 9.98. The van der Waals surface area contributed by atoms with Crippen molar-refractivity contribution in [2.45, 2.75) is 49.8 Å². The van der Waals surface area contributed by atoms with E-state index in [1.807, 2.05) is 0 Å². The van der Waals surface area contributed by atoms with Gasteiger partial charge in [0.25, 0.3) is 5.91 Å². The molecule has 1 saturated carbocycles. The number of methoxy groups -OCH3 is 1. The summed E-state index contributed by atoms with van der Waals surface area (Å²) in [5.41, 5.74) is -0.590. The molecule has 1 spiro atoms. The maximum atomic E-state index is 12.6. The number of carbonyl (C=O) groups excluding carboxylic acids is 2. The molecule has 0 unspecified atom stereocenters. The smallest absolute Gasteiger partial charge is 0.325 e. The Morgan fingerprint density at radius 3 is 2.67 bits per heavy atom. The molecule has 2 heterocycles. The summed E-state index contributed by atoms with van der Waals surface area (Å²) >= 11 is 0. The number of likely N-dealkylation sites (tertiary alicyclic amines) is 1. The Bertz CT molecular complexity index is 492. The second kappa shape index (κ2) is 6.98. The lowest BCUT2D eigenvalue weighted by Crippen LogP contribution is -2.45. The van der Waals surface area contributed by atoms with Gasteiger partial charge in [0.2, 0.25) is 0 Å². The predicted octanol–water partition coefficient (Wildman–Crippen LogP) is 0.502. The van der Waals surface area contributed by atoms with E-state index in [9.17, 15) is 9.59 Å². The van der Waals surface area contributed by atoms with Crippen LogP contribution in [-0.4, -0.2) is 91.7 Å². The number of nitrogens with zero attached hydrogens (tertiary/aromatic N) is 3. The standard InChI is InChI=1S/C17H30N4O3/c1-19(11-13-10-14(24-3)12-20(13)2)8-9-21-15(22)17(18-16(21)23)6-4-5-7-17/h13-14H,4-12H2,1-3H3,(H,18,23)/t13-,14-/m0/s1. The van der Waals surface area contributed by atoms with Crippen LogP contribution in [0.4, 0.5) is 4.79 Å². The topological polar surface area (TPSA) is 65.1 Å². The number of likely N-dealkylation sites (N-methyl/N-ethyl adjacent to an activating group) is 2. The summed E-state index contributed by atoms with van der Waals surface area (Å²) in [4.78, 5) is 30.8. The maximum Gasteiger partial charge on any atom is 0.325 e. The summed E-state index contributed by atoms with van der Waals surface area (Å²) in [6.45, 7) is 3.06. The fourth-order valence-corrected chi connectivity index (χ4v) is 4.33. The van der Waals surface area contributed by atoms with Gasteiger partial charge in [-0.3, -0.25) is 14.6 Å². The van der Waals surface area contributed by atoms with Gasteiger partial charge in [0.1, 0.15) is 5.54 Å². The van der Waals surface area contributed by atoms with Gasteiger partial charge in [0.15, 0.2) is 0 Å². The molecule has 0 radical (unpaired) electrons. The number of rotatable bonds is 6. The van der Waals surface area contributed by atoms with Crippen LogP contribution in [-0.2, 0) is 9.53 Å². The Morgan fingerprint density at radius 1 is 1.33 bits per heavy atom. The number of ether oxygens (including phenoxy) is 1. The molecule has 3 rings (SSSR count). The van der Waals surface area contributed by atoms with E-state index in [0.717, 1.165) is 45.2 Å². The molecule has 2 saturated heterocycles. The fraction of sp³-hybridized carbons (Fsp3) is 0.882. The van der Waals surface area contributed by atoms with Gasteiger partial charge in [-0.1, -0.05) is 12.8 Å². The highest BCUT2D eigenvalue weighted by Gasteiger charge is 2.52. The maximum absolute atomic E-state index is 12.6. The Labute approximate surface area is 144 Å². The van der Waals surface area contributed by atoms with Crippen LogP contribution in [0.3, 0.4) is 0 Å². The monoisotopic (exact) mass is 338 g/mol. The largest absolute Gasteiger partial charge is 0.380 e. The lowest BCUT2D eigenvalue weighted by Gasteiger charge is -2.26. The molecule has 2 atom stereocenters. The summed E-state index contributed by atoms with van der Waals surface area (Å²) in [6, 6.07) is 0.247. The first-order valence-electron chi connectivity index (χ1n) is 9.01. The van der Waals surface area contributed by atoms with E-state index >= 15 is 0 Å². The molecule has 7 nitrogen and oxygen atoms in total. The molecule has 3 amide bonds. The molecule has 1 N–H and O–H groups in total. The van der Waals surface area contributed by atoms with Crippen molar-refractivity contribution < 1.29 is 14.3 Å². The van der Waals surface area contributed by atoms with Gasteiger partial charge in [-0.2, -0.15) is 0 Å². The first kappa shape index (κ1) is 17.6. The number of nitrogens with one attached hydrogen (secondary N) is 1. The average Bonchev–Trinajstić information content (AvgIpc) is 3.20. The predicted molar refractivity (Wildman–Crippen MR) is 90.8 cm³/mol.